The number of nitrogens with zero attached hydrogens (tertiary/aromatic N) is 1. The van der Waals surface area contributed by atoms with Gasteiger partial charge in [-0.25, -0.2) is 0 Å². The number of hydrogen-bond acceptors (Lipinski definition) is 3. The lowest BCUT2D eigenvalue weighted by atomic mass is 10.5. The van der Waals surface area contributed by atoms with Crippen molar-refractivity contribution in [3.05, 3.63) is 24.6 Å². The first-order valence-corrected chi connectivity index (χ1v) is 2.31. The predicted molar refractivity (Wildman–Crippen MR) is 26.6 cm³/mol. The third kappa shape index (κ3) is 1.22. The molecule has 1 aliphatic rings. The van der Waals surface area contributed by atoms with Crippen LogP contribution >= 0.6 is 0 Å². The maximum absolute atomic E-state index is 9.96. The minimum absolute atomic E-state index is 0.597. The normalized spacial score (nSPS) is 15.3. The number of hydroxylamine groups is 2. The van der Waals surface area contributed by atoms with Crippen molar-refractivity contribution in [3.8, 4) is 0 Å². The van der Waals surface area contributed by atoms with E-state index in [1.165, 1.54) is 18.5 Å². The van der Waals surface area contributed by atoms with Crippen molar-refractivity contribution in [1.29, 1.82) is 0 Å². The molecule has 1 rings (SSSR count). The van der Waals surface area contributed by atoms with Gasteiger partial charge < -0.3 is 14.7 Å². The largest absolute Gasteiger partial charge is 0.527 e. The molecule has 0 atom stereocenters. The fraction of sp³-hybridized carbons (Fsp3) is 0. The number of carbonyl (C=O) groups excluding carboxylic acids is 1. The summed E-state index contributed by atoms with van der Waals surface area (Å²) < 4.78 is 0. The van der Waals surface area contributed by atoms with E-state index in [0.717, 1.165) is 0 Å². The average Bonchev–Trinajstić information content (AvgIpc) is 1.90. The van der Waals surface area contributed by atoms with Crippen LogP contribution in [0.5, 0.6) is 0 Å². The van der Waals surface area contributed by atoms with Gasteiger partial charge in [-0.3, -0.25) is 0 Å². The van der Waals surface area contributed by atoms with Crippen molar-refractivity contribution in [2.24, 2.45) is 0 Å². The Hall–Kier alpha value is -1.45. The van der Waals surface area contributed by atoms with Crippen LogP contribution in [0.15, 0.2) is 24.6 Å². The summed E-state index contributed by atoms with van der Waals surface area (Å²) in [5, 5.41) is 10.6. The molecule has 0 radical (unpaired) electrons. The van der Waals surface area contributed by atoms with E-state index in [9.17, 15) is 9.90 Å². The van der Waals surface area contributed by atoms with Crippen LogP contribution in [-0.2, 0) is 4.84 Å². The van der Waals surface area contributed by atoms with Crippen LogP contribution in [0, 0.1) is 0 Å². The number of rotatable bonds is 0. The second-order valence-electron chi connectivity index (χ2n) is 1.37. The van der Waals surface area contributed by atoms with Crippen LogP contribution < -0.4 is 5.11 Å². The molecule has 1 aliphatic heterocycles. The van der Waals surface area contributed by atoms with Crippen molar-refractivity contribution >= 4 is 6.09 Å². The molecule has 0 unspecified atom stereocenters. The van der Waals surface area contributed by atoms with E-state index in [0.29, 0.717) is 5.06 Å². The summed E-state index contributed by atoms with van der Waals surface area (Å²) in [4.78, 5) is 14.4. The number of carbonyl (C=O) groups is 1. The number of amides is 1. The topological polar surface area (TPSA) is 52.6 Å². The van der Waals surface area contributed by atoms with Crippen LogP contribution in [0.25, 0.3) is 0 Å². The van der Waals surface area contributed by atoms with Crippen LogP contribution in [0.2, 0.25) is 0 Å². The zero-order valence-electron chi connectivity index (χ0n) is 4.48. The van der Waals surface area contributed by atoms with Gasteiger partial charge in [-0.2, -0.15) is 5.06 Å². The van der Waals surface area contributed by atoms with Crippen molar-refractivity contribution in [2.45, 2.75) is 0 Å². The first-order valence-electron chi connectivity index (χ1n) is 2.31. The molecular weight excluding hydrogens is 122 g/mol. The maximum atomic E-state index is 9.96. The lowest BCUT2D eigenvalue weighted by molar-refractivity contribution is -0.286. The summed E-state index contributed by atoms with van der Waals surface area (Å²) in [7, 11) is 0. The van der Waals surface area contributed by atoms with Crippen LogP contribution in [0.4, 0.5) is 4.79 Å². The first kappa shape index (κ1) is 5.68. The quantitative estimate of drug-likeness (QED) is 0.444. The molecular formula is C5H4NO3-. The molecule has 4 nitrogen and oxygen atoms in total. The van der Waals surface area contributed by atoms with Gasteiger partial charge in [0.2, 0.25) is 0 Å². The minimum Gasteiger partial charge on any atom is -0.527 e. The first-order chi connectivity index (χ1) is 4.30. The van der Waals surface area contributed by atoms with Gasteiger partial charge in [0.15, 0.2) is 6.09 Å². The molecule has 0 saturated heterocycles. The molecule has 0 aromatic rings. The number of carboxylic acid groups (broad SMARTS) is 1. The Balaban J connectivity index is 2.56. The van der Waals surface area contributed by atoms with E-state index in [1.807, 2.05) is 0 Å². The van der Waals surface area contributed by atoms with Gasteiger partial charge >= 0.3 is 0 Å². The molecule has 0 spiro atoms. The SMILES string of the molecule is O=C([O-])N1C=CC=CO1. The Morgan fingerprint density at radius 3 is 2.67 bits per heavy atom. The lowest BCUT2D eigenvalue weighted by Crippen LogP contribution is -2.37. The third-order valence-electron chi connectivity index (χ3n) is 0.766. The molecule has 9 heavy (non-hydrogen) atoms. The van der Waals surface area contributed by atoms with Crippen molar-refractivity contribution in [3.63, 3.8) is 0 Å². The van der Waals surface area contributed by atoms with Crippen LogP contribution in [0.3, 0.4) is 0 Å². The highest BCUT2D eigenvalue weighted by atomic mass is 16.7. The minimum atomic E-state index is -1.38. The van der Waals surface area contributed by atoms with E-state index in [4.69, 9.17) is 0 Å². The molecule has 0 aromatic carbocycles. The van der Waals surface area contributed by atoms with Crippen LogP contribution in [0.1, 0.15) is 0 Å². The van der Waals surface area contributed by atoms with Gasteiger partial charge in [0.25, 0.3) is 0 Å². The molecule has 0 fully saturated rings. The standard InChI is InChI=1S/C5H5NO3/c7-5(8)6-3-1-2-4-9-6/h1-4H,(H,7,8)/p-1. The molecule has 0 aliphatic carbocycles. The van der Waals surface area contributed by atoms with E-state index in [1.54, 1.807) is 6.08 Å². The Morgan fingerprint density at radius 1 is 1.56 bits per heavy atom. The Labute approximate surface area is 51.6 Å². The molecule has 1 amide bonds. The molecule has 48 valence electrons. The Bertz CT molecular complexity index is 173. The van der Waals surface area contributed by atoms with Crippen molar-refractivity contribution in [2.75, 3.05) is 0 Å². The summed E-state index contributed by atoms with van der Waals surface area (Å²) >= 11 is 0. The van der Waals surface area contributed by atoms with Crippen LogP contribution in [-0.4, -0.2) is 11.2 Å². The second kappa shape index (κ2) is 2.21. The van der Waals surface area contributed by atoms with Gasteiger partial charge in [-0.05, 0) is 12.2 Å². The zero-order chi connectivity index (χ0) is 6.69. The zero-order valence-corrected chi connectivity index (χ0v) is 4.48. The molecule has 0 saturated carbocycles. The molecule has 4 heteroatoms. The van der Waals surface area contributed by atoms with E-state index in [-0.39, 0.29) is 0 Å². The van der Waals surface area contributed by atoms with Crippen molar-refractivity contribution < 1.29 is 14.7 Å². The molecule has 0 bridgehead atoms. The summed E-state index contributed by atoms with van der Waals surface area (Å²) in [6.07, 6.45) is 4.21. The molecule has 0 N–H and O–H groups in total. The van der Waals surface area contributed by atoms with E-state index < -0.39 is 6.09 Å². The highest BCUT2D eigenvalue weighted by Crippen LogP contribution is 1.97. The highest BCUT2D eigenvalue weighted by Gasteiger charge is 1.98. The van der Waals surface area contributed by atoms with Gasteiger partial charge in [-0.15, -0.1) is 0 Å². The monoisotopic (exact) mass is 126 g/mol. The number of hydrogen-bond donors (Lipinski definition) is 0. The van der Waals surface area contributed by atoms with Gasteiger partial charge in [-0.1, -0.05) is 0 Å². The smallest absolute Gasteiger partial charge is 0.179 e. The maximum Gasteiger partial charge on any atom is 0.179 e. The average molecular weight is 126 g/mol. The molecule has 1 heterocycles. The van der Waals surface area contributed by atoms with Gasteiger partial charge in [0.05, 0.1) is 0 Å². The third-order valence-corrected chi connectivity index (χ3v) is 0.766. The van der Waals surface area contributed by atoms with Gasteiger partial charge in [0.1, 0.15) is 6.26 Å². The van der Waals surface area contributed by atoms with E-state index in [2.05, 4.69) is 4.84 Å². The van der Waals surface area contributed by atoms with Gasteiger partial charge in [0, 0.05) is 6.20 Å². The lowest BCUT2D eigenvalue weighted by Gasteiger charge is -2.19. The Morgan fingerprint density at radius 2 is 2.33 bits per heavy atom. The fourth-order valence-corrected chi connectivity index (χ4v) is 0.413. The summed E-state index contributed by atoms with van der Waals surface area (Å²) in [6, 6.07) is 0. The molecule has 0 aromatic heterocycles. The second-order valence-corrected chi connectivity index (χ2v) is 1.37. The highest BCUT2D eigenvalue weighted by molar-refractivity contribution is 5.62. The summed E-state index contributed by atoms with van der Waals surface area (Å²) in [6.45, 7) is 0. The summed E-state index contributed by atoms with van der Waals surface area (Å²) in [5.41, 5.74) is 0. The Kier molecular flexibility index (Phi) is 1.40. The predicted octanol–water partition coefficient (Wildman–Crippen LogP) is -0.396. The van der Waals surface area contributed by atoms with Crippen molar-refractivity contribution in [1.82, 2.24) is 5.06 Å². The van der Waals surface area contributed by atoms with E-state index >= 15 is 0 Å². The fourth-order valence-electron chi connectivity index (χ4n) is 0.413. The summed E-state index contributed by atoms with van der Waals surface area (Å²) in [5.74, 6) is 0. The number of allylic oxidation sites excluding steroid dienone is 2.